The lowest BCUT2D eigenvalue weighted by Gasteiger charge is -2.13. The molecule has 144 valence electrons. The molecule has 0 radical (unpaired) electrons. The van der Waals surface area contributed by atoms with Crippen LogP contribution in [-0.4, -0.2) is 28.3 Å². The molecule has 1 heterocycles. The number of carbonyl (C=O) groups excluding carboxylic acids is 2. The Labute approximate surface area is 169 Å². The van der Waals surface area contributed by atoms with Crippen LogP contribution in [0.15, 0.2) is 57.8 Å². The molecule has 0 fully saturated rings. The van der Waals surface area contributed by atoms with Gasteiger partial charge in [-0.3, -0.25) is 9.59 Å². The number of hydrogen-bond acceptors (Lipinski definition) is 5. The first-order valence-corrected chi connectivity index (χ1v) is 9.41. The summed E-state index contributed by atoms with van der Waals surface area (Å²) >= 11 is 3.33. The Morgan fingerprint density at radius 2 is 1.75 bits per heavy atom. The van der Waals surface area contributed by atoms with Gasteiger partial charge in [0.1, 0.15) is 0 Å². The predicted octanol–water partition coefficient (Wildman–Crippen LogP) is 3.54. The predicted molar refractivity (Wildman–Crippen MR) is 109 cm³/mol. The number of anilines is 1. The van der Waals surface area contributed by atoms with Crippen molar-refractivity contribution in [3.05, 3.63) is 69.1 Å². The van der Waals surface area contributed by atoms with Crippen molar-refractivity contribution in [1.82, 2.24) is 9.78 Å². The zero-order valence-electron chi connectivity index (χ0n) is 15.3. The average Bonchev–Trinajstić information content (AvgIpc) is 2.68. The second-order valence-electron chi connectivity index (χ2n) is 6.34. The van der Waals surface area contributed by atoms with E-state index in [4.69, 9.17) is 4.74 Å². The summed E-state index contributed by atoms with van der Waals surface area (Å²) in [5.41, 5.74) is 0.284. The Bertz CT molecular complexity index is 1110. The fourth-order valence-electron chi connectivity index (χ4n) is 2.66. The molecule has 2 aromatic carbocycles. The van der Waals surface area contributed by atoms with E-state index in [1.165, 1.54) is 4.68 Å². The summed E-state index contributed by atoms with van der Waals surface area (Å²) < 4.78 is 7.09. The summed E-state index contributed by atoms with van der Waals surface area (Å²) in [6.45, 7) is 3.11. The fraction of sp³-hybridized carbons (Fsp3) is 0.200. The Morgan fingerprint density at radius 3 is 2.43 bits per heavy atom. The first kappa shape index (κ1) is 19.8. The van der Waals surface area contributed by atoms with Gasteiger partial charge in [-0.1, -0.05) is 30.3 Å². The number of nitrogens with one attached hydrogen (secondary N) is 1. The molecule has 0 aliphatic rings. The lowest BCUT2D eigenvalue weighted by molar-refractivity contribution is -0.119. The molecule has 1 N–H and O–H groups in total. The molecule has 28 heavy (non-hydrogen) atoms. The van der Waals surface area contributed by atoms with E-state index in [2.05, 4.69) is 26.3 Å². The normalized spacial score (nSPS) is 10.9. The molecule has 8 heteroatoms. The Balaban J connectivity index is 1.82. The van der Waals surface area contributed by atoms with E-state index in [0.29, 0.717) is 20.9 Å². The molecular formula is C20H18BrN3O4. The van der Waals surface area contributed by atoms with Crippen LogP contribution in [0.5, 0.6) is 0 Å². The second kappa shape index (κ2) is 8.35. The van der Waals surface area contributed by atoms with Crippen LogP contribution in [0.25, 0.3) is 10.8 Å². The van der Waals surface area contributed by atoms with Gasteiger partial charge < -0.3 is 10.1 Å². The molecule has 7 nitrogen and oxygen atoms in total. The highest BCUT2D eigenvalue weighted by molar-refractivity contribution is 9.10. The van der Waals surface area contributed by atoms with Crippen molar-refractivity contribution in [2.24, 2.45) is 0 Å². The molecule has 0 atom stereocenters. The van der Waals surface area contributed by atoms with E-state index in [-0.39, 0.29) is 17.3 Å². The highest BCUT2D eigenvalue weighted by Gasteiger charge is 2.20. The summed E-state index contributed by atoms with van der Waals surface area (Å²) in [6, 6.07) is 13.6. The fourth-order valence-corrected chi connectivity index (χ4v) is 3.04. The summed E-state index contributed by atoms with van der Waals surface area (Å²) in [5, 5.41) is 7.58. The molecule has 3 rings (SSSR count). The Morgan fingerprint density at radius 1 is 1.11 bits per heavy atom. The first-order valence-electron chi connectivity index (χ1n) is 8.61. The monoisotopic (exact) mass is 443 g/mol. The minimum absolute atomic E-state index is 0.00223. The third-order valence-electron chi connectivity index (χ3n) is 3.99. The van der Waals surface area contributed by atoms with Gasteiger partial charge in [0, 0.05) is 9.86 Å². The maximum absolute atomic E-state index is 12.6. The van der Waals surface area contributed by atoms with Gasteiger partial charge in [-0.25, -0.2) is 9.48 Å². The van der Waals surface area contributed by atoms with Crippen LogP contribution in [0.1, 0.15) is 30.4 Å². The smallest absolute Gasteiger partial charge is 0.359 e. The number of carbonyl (C=O) groups is 2. The number of hydrogen-bond donors (Lipinski definition) is 1. The maximum atomic E-state index is 12.6. The van der Waals surface area contributed by atoms with E-state index in [0.717, 1.165) is 0 Å². The zero-order chi connectivity index (χ0) is 20.3. The topological polar surface area (TPSA) is 90.3 Å². The van der Waals surface area contributed by atoms with Crippen LogP contribution in [-0.2, 0) is 9.53 Å². The number of fused-ring (bicyclic) bond motifs is 1. The largest absolute Gasteiger partial charge is 0.451 e. The van der Waals surface area contributed by atoms with Crippen molar-refractivity contribution in [1.29, 1.82) is 0 Å². The minimum Gasteiger partial charge on any atom is -0.451 e. The number of aromatic nitrogens is 2. The molecule has 0 aliphatic carbocycles. The van der Waals surface area contributed by atoms with Gasteiger partial charge in [-0.2, -0.15) is 5.10 Å². The molecule has 0 aliphatic heterocycles. The standard InChI is InChI=1S/C20H18BrN3O4/c1-12(2)24-19(26)14-8-4-3-7-13(14)18(23-24)20(27)28-11-17(25)22-16-10-6-5-9-15(16)21/h3-10,12H,11H2,1-2H3,(H,22,25). The maximum Gasteiger partial charge on any atom is 0.359 e. The summed E-state index contributed by atoms with van der Waals surface area (Å²) in [5.74, 6) is -1.25. The Kier molecular flexibility index (Phi) is 5.89. The number of rotatable bonds is 5. The van der Waals surface area contributed by atoms with E-state index in [1.54, 1.807) is 56.3 Å². The number of ether oxygens (including phenoxy) is 1. The van der Waals surface area contributed by atoms with Gasteiger partial charge in [0.05, 0.1) is 17.1 Å². The number of halogens is 1. The van der Waals surface area contributed by atoms with Crippen molar-refractivity contribution in [3.8, 4) is 0 Å². The third-order valence-corrected chi connectivity index (χ3v) is 4.68. The summed E-state index contributed by atoms with van der Waals surface area (Å²) in [7, 11) is 0. The molecule has 0 saturated carbocycles. The molecule has 0 saturated heterocycles. The number of amides is 1. The third kappa shape index (κ3) is 4.12. The SMILES string of the molecule is CC(C)n1nc(C(=O)OCC(=O)Nc2ccccc2Br)c2ccccc2c1=O. The number of benzene rings is 2. The molecule has 0 spiro atoms. The first-order chi connectivity index (χ1) is 13.4. The van der Waals surface area contributed by atoms with Crippen LogP contribution in [0.2, 0.25) is 0 Å². The highest BCUT2D eigenvalue weighted by Crippen LogP contribution is 2.21. The lowest BCUT2D eigenvalue weighted by Crippen LogP contribution is -2.28. The quantitative estimate of drug-likeness (QED) is 0.609. The Hall–Kier alpha value is -3.00. The molecular weight excluding hydrogens is 426 g/mol. The number of esters is 1. The van der Waals surface area contributed by atoms with Gasteiger partial charge in [-0.05, 0) is 48.0 Å². The van der Waals surface area contributed by atoms with Crippen molar-refractivity contribution in [2.75, 3.05) is 11.9 Å². The van der Waals surface area contributed by atoms with Crippen LogP contribution in [0.4, 0.5) is 5.69 Å². The molecule has 1 amide bonds. The van der Waals surface area contributed by atoms with Gasteiger partial charge in [0.2, 0.25) is 0 Å². The number of para-hydroxylation sites is 1. The van der Waals surface area contributed by atoms with E-state index in [1.807, 2.05) is 6.07 Å². The second-order valence-corrected chi connectivity index (χ2v) is 7.20. The lowest BCUT2D eigenvalue weighted by atomic mass is 10.1. The van der Waals surface area contributed by atoms with Crippen molar-refractivity contribution in [2.45, 2.75) is 19.9 Å². The summed E-state index contributed by atoms with van der Waals surface area (Å²) in [4.78, 5) is 37.2. The molecule has 0 bridgehead atoms. The minimum atomic E-state index is -0.770. The van der Waals surface area contributed by atoms with E-state index in [9.17, 15) is 14.4 Å². The van der Waals surface area contributed by atoms with Gasteiger partial charge >= 0.3 is 5.97 Å². The van der Waals surface area contributed by atoms with Gasteiger partial charge in [0.15, 0.2) is 12.3 Å². The highest BCUT2D eigenvalue weighted by atomic mass is 79.9. The average molecular weight is 444 g/mol. The molecule has 1 aromatic heterocycles. The van der Waals surface area contributed by atoms with Gasteiger partial charge in [0.25, 0.3) is 11.5 Å². The van der Waals surface area contributed by atoms with Gasteiger partial charge in [-0.15, -0.1) is 0 Å². The summed E-state index contributed by atoms with van der Waals surface area (Å²) in [6.07, 6.45) is 0. The van der Waals surface area contributed by atoms with Crippen LogP contribution >= 0.6 is 15.9 Å². The molecule has 3 aromatic rings. The van der Waals surface area contributed by atoms with Crippen LogP contribution < -0.4 is 10.9 Å². The zero-order valence-corrected chi connectivity index (χ0v) is 16.9. The van der Waals surface area contributed by atoms with Crippen LogP contribution in [0.3, 0.4) is 0 Å². The van der Waals surface area contributed by atoms with E-state index < -0.39 is 18.5 Å². The van der Waals surface area contributed by atoms with E-state index >= 15 is 0 Å². The van der Waals surface area contributed by atoms with Crippen LogP contribution in [0, 0.1) is 0 Å². The van der Waals surface area contributed by atoms with Crippen molar-refractivity contribution in [3.63, 3.8) is 0 Å². The number of nitrogens with zero attached hydrogens (tertiary/aromatic N) is 2. The van der Waals surface area contributed by atoms with Crippen molar-refractivity contribution < 1.29 is 14.3 Å². The van der Waals surface area contributed by atoms with Crippen molar-refractivity contribution >= 4 is 44.3 Å². The molecule has 0 unspecified atom stereocenters.